The maximum atomic E-state index is 12.0. The molecule has 1 amide bonds. The molecular weight excluding hydrogens is 246 g/mol. The number of alkyl carbamates (subject to hydrolysis) is 1. The predicted octanol–water partition coefficient (Wildman–Crippen LogP) is 1.42. The maximum Gasteiger partial charge on any atom is 0.408 e. The zero-order valence-corrected chi connectivity index (χ0v) is 12.4. The number of aliphatic hydroxyl groups is 2. The number of carbonyl (C=O) groups excluding carboxylic acids is 1. The Morgan fingerprint density at radius 2 is 1.89 bits per heavy atom. The third kappa shape index (κ3) is 2.03. The van der Waals surface area contributed by atoms with E-state index in [-0.39, 0.29) is 11.3 Å². The summed E-state index contributed by atoms with van der Waals surface area (Å²) >= 11 is 0. The SMILES string of the molecule is CC(C)(C)OC(=O)N[C@@]12CC[C@@H]([C@H](O)[C@H]1O)C2(C)C. The van der Waals surface area contributed by atoms with E-state index < -0.39 is 29.4 Å². The van der Waals surface area contributed by atoms with Gasteiger partial charge in [-0.2, -0.15) is 0 Å². The lowest BCUT2D eigenvalue weighted by molar-refractivity contribution is -0.0392. The highest BCUT2D eigenvalue weighted by molar-refractivity contribution is 5.69. The minimum Gasteiger partial charge on any atom is -0.444 e. The molecule has 0 heterocycles. The van der Waals surface area contributed by atoms with Gasteiger partial charge in [0.15, 0.2) is 0 Å². The van der Waals surface area contributed by atoms with Gasteiger partial charge < -0.3 is 20.3 Å². The topological polar surface area (TPSA) is 78.8 Å². The highest BCUT2D eigenvalue weighted by Gasteiger charge is 2.69. The molecule has 4 atom stereocenters. The van der Waals surface area contributed by atoms with E-state index in [4.69, 9.17) is 4.74 Å². The van der Waals surface area contributed by atoms with E-state index in [1.165, 1.54) is 0 Å². The number of nitrogens with one attached hydrogen (secondary N) is 1. The van der Waals surface area contributed by atoms with Crippen LogP contribution in [0.2, 0.25) is 0 Å². The Bertz CT molecular complexity index is 387. The highest BCUT2D eigenvalue weighted by atomic mass is 16.6. The van der Waals surface area contributed by atoms with Gasteiger partial charge in [-0.3, -0.25) is 0 Å². The van der Waals surface area contributed by atoms with Crippen LogP contribution in [-0.4, -0.2) is 39.7 Å². The van der Waals surface area contributed by atoms with Crippen LogP contribution in [-0.2, 0) is 4.74 Å². The van der Waals surface area contributed by atoms with Gasteiger partial charge in [-0.15, -0.1) is 0 Å². The van der Waals surface area contributed by atoms with E-state index in [1.54, 1.807) is 20.8 Å². The molecule has 110 valence electrons. The molecule has 2 saturated carbocycles. The average Bonchev–Trinajstić information content (AvgIpc) is 2.51. The Morgan fingerprint density at radius 3 is 2.32 bits per heavy atom. The van der Waals surface area contributed by atoms with Crippen molar-refractivity contribution in [1.29, 1.82) is 0 Å². The number of amides is 1. The van der Waals surface area contributed by atoms with Crippen molar-refractivity contribution in [1.82, 2.24) is 5.32 Å². The van der Waals surface area contributed by atoms with E-state index in [2.05, 4.69) is 5.32 Å². The summed E-state index contributed by atoms with van der Waals surface area (Å²) in [4.78, 5) is 12.0. The Hall–Kier alpha value is -0.810. The molecular formula is C14H25NO4. The smallest absolute Gasteiger partial charge is 0.408 e. The summed E-state index contributed by atoms with van der Waals surface area (Å²) in [5, 5.41) is 23.2. The predicted molar refractivity (Wildman–Crippen MR) is 70.6 cm³/mol. The molecule has 0 aromatic heterocycles. The van der Waals surface area contributed by atoms with Crippen molar-refractivity contribution < 1.29 is 19.7 Å². The fourth-order valence-electron chi connectivity index (χ4n) is 3.82. The Labute approximate surface area is 114 Å². The van der Waals surface area contributed by atoms with Crippen LogP contribution in [0.25, 0.3) is 0 Å². The number of hydrogen-bond acceptors (Lipinski definition) is 4. The first-order valence-corrected chi connectivity index (χ1v) is 6.88. The number of fused-ring (bicyclic) bond motifs is 2. The number of rotatable bonds is 1. The van der Waals surface area contributed by atoms with E-state index >= 15 is 0 Å². The van der Waals surface area contributed by atoms with Gasteiger partial charge in [0.2, 0.25) is 0 Å². The van der Waals surface area contributed by atoms with Gasteiger partial charge in [0.25, 0.3) is 0 Å². The second kappa shape index (κ2) is 4.09. The molecule has 2 bridgehead atoms. The number of hydrogen-bond donors (Lipinski definition) is 3. The monoisotopic (exact) mass is 271 g/mol. The molecule has 2 aliphatic carbocycles. The van der Waals surface area contributed by atoms with Gasteiger partial charge in [-0.1, -0.05) is 13.8 Å². The minimum atomic E-state index is -0.936. The Kier molecular flexibility index (Phi) is 3.14. The summed E-state index contributed by atoms with van der Waals surface area (Å²) in [6, 6.07) is 0. The van der Waals surface area contributed by atoms with Crippen LogP contribution in [0, 0.1) is 11.3 Å². The lowest BCUT2D eigenvalue weighted by Crippen LogP contribution is -2.61. The van der Waals surface area contributed by atoms with E-state index in [1.807, 2.05) is 13.8 Å². The first-order valence-electron chi connectivity index (χ1n) is 6.88. The molecule has 19 heavy (non-hydrogen) atoms. The molecule has 2 fully saturated rings. The second-order valence-electron chi connectivity index (χ2n) is 7.40. The average molecular weight is 271 g/mol. The first-order chi connectivity index (χ1) is 8.51. The largest absolute Gasteiger partial charge is 0.444 e. The summed E-state index contributed by atoms with van der Waals surface area (Å²) in [6.07, 6.45) is -0.773. The molecule has 0 aromatic carbocycles. The van der Waals surface area contributed by atoms with Crippen molar-refractivity contribution in [2.24, 2.45) is 11.3 Å². The fourth-order valence-corrected chi connectivity index (χ4v) is 3.82. The second-order valence-corrected chi connectivity index (χ2v) is 7.40. The quantitative estimate of drug-likeness (QED) is 0.674. The van der Waals surface area contributed by atoms with Crippen LogP contribution in [0.5, 0.6) is 0 Å². The lowest BCUT2D eigenvalue weighted by atomic mass is 9.75. The van der Waals surface area contributed by atoms with Crippen molar-refractivity contribution in [3.8, 4) is 0 Å². The molecule has 3 N–H and O–H groups in total. The van der Waals surface area contributed by atoms with Crippen molar-refractivity contribution in [2.75, 3.05) is 0 Å². The Morgan fingerprint density at radius 1 is 1.32 bits per heavy atom. The van der Waals surface area contributed by atoms with Crippen molar-refractivity contribution in [3.05, 3.63) is 0 Å². The molecule has 0 saturated heterocycles. The van der Waals surface area contributed by atoms with Crippen molar-refractivity contribution in [3.63, 3.8) is 0 Å². The molecule has 0 aromatic rings. The van der Waals surface area contributed by atoms with Crippen LogP contribution >= 0.6 is 0 Å². The Balaban J connectivity index is 2.20. The zero-order chi connectivity index (χ0) is 14.6. The summed E-state index contributed by atoms with van der Waals surface area (Å²) in [6.45, 7) is 9.37. The van der Waals surface area contributed by atoms with Gasteiger partial charge in [0.05, 0.1) is 11.6 Å². The van der Waals surface area contributed by atoms with Crippen LogP contribution in [0.4, 0.5) is 4.79 Å². The molecule has 5 heteroatoms. The number of aliphatic hydroxyl groups excluding tert-OH is 2. The molecule has 2 rings (SSSR count). The molecule has 5 nitrogen and oxygen atoms in total. The molecule has 2 aliphatic rings. The zero-order valence-electron chi connectivity index (χ0n) is 12.4. The number of ether oxygens (including phenoxy) is 1. The van der Waals surface area contributed by atoms with Gasteiger partial charge in [-0.05, 0) is 44.9 Å². The highest BCUT2D eigenvalue weighted by Crippen LogP contribution is 2.60. The summed E-state index contributed by atoms with van der Waals surface area (Å²) in [5.41, 5.74) is -1.72. The fraction of sp³-hybridized carbons (Fsp3) is 0.929. The first kappa shape index (κ1) is 14.6. The van der Waals surface area contributed by atoms with Gasteiger partial charge >= 0.3 is 6.09 Å². The van der Waals surface area contributed by atoms with Gasteiger partial charge in [0.1, 0.15) is 11.7 Å². The molecule has 0 radical (unpaired) electrons. The van der Waals surface area contributed by atoms with Crippen LogP contribution in [0.1, 0.15) is 47.5 Å². The van der Waals surface area contributed by atoms with Gasteiger partial charge in [-0.25, -0.2) is 4.79 Å². The lowest BCUT2D eigenvalue weighted by Gasteiger charge is -2.41. The summed E-state index contributed by atoms with van der Waals surface area (Å²) in [5.74, 6) is 0.0115. The van der Waals surface area contributed by atoms with E-state index in [0.717, 1.165) is 6.42 Å². The van der Waals surface area contributed by atoms with Crippen molar-refractivity contribution >= 4 is 6.09 Å². The minimum absolute atomic E-state index is 0.0115. The van der Waals surface area contributed by atoms with Crippen LogP contribution in [0.3, 0.4) is 0 Å². The van der Waals surface area contributed by atoms with Crippen molar-refractivity contribution in [2.45, 2.75) is 70.8 Å². The number of carbonyl (C=O) groups is 1. The standard InChI is InChI=1S/C14H25NO4/c1-12(2,3)19-11(18)15-14-7-6-8(13(14,4)5)9(16)10(14)17/h8-10,16-17H,6-7H2,1-5H3,(H,15,18)/t8-,9-,10+,14-/m0/s1. The van der Waals surface area contributed by atoms with E-state index in [9.17, 15) is 15.0 Å². The van der Waals surface area contributed by atoms with Gasteiger partial charge in [0, 0.05) is 0 Å². The molecule has 0 aliphatic heterocycles. The van der Waals surface area contributed by atoms with Crippen LogP contribution < -0.4 is 5.32 Å². The summed E-state index contributed by atoms with van der Waals surface area (Å²) < 4.78 is 5.28. The summed E-state index contributed by atoms with van der Waals surface area (Å²) in [7, 11) is 0. The normalized spacial score (nSPS) is 40.3. The molecule has 0 spiro atoms. The third-order valence-electron chi connectivity index (χ3n) is 4.89. The van der Waals surface area contributed by atoms with E-state index in [0.29, 0.717) is 6.42 Å². The molecule has 0 unspecified atom stereocenters. The maximum absolute atomic E-state index is 12.0. The van der Waals surface area contributed by atoms with Crippen LogP contribution in [0.15, 0.2) is 0 Å². The third-order valence-corrected chi connectivity index (χ3v) is 4.89.